The molecule has 1 fully saturated rings. The lowest BCUT2D eigenvalue weighted by Gasteiger charge is -2.40. The average Bonchev–Trinajstić information content (AvgIpc) is 2.69. The molecule has 0 radical (unpaired) electrons. The van der Waals surface area contributed by atoms with Gasteiger partial charge < -0.3 is 4.84 Å². The van der Waals surface area contributed by atoms with Gasteiger partial charge in [0.25, 0.3) is 0 Å². The number of hydrogen-bond donors (Lipinski definition) is 0. The van der Waals surface area contributed by atoms with Gasteiger partial charge in [-0.25, -0.2) is 0 Å². The van der Waals surface area contributed by atoms with Gasteiger partial charge in [-0.3, -0.25) is 4.90 Å². The second-order valence-electron chi connectivity index (χ2n) is 6.80. The molecule has 3 nitrogen and oxygen atoms in total. The van der Waals surface area contributed by atoms with Gasteiger partial charge in [-0.1, -0.05) is 61.5 Å². The van der Waals surface area contributed by atoms with E-state index >= 15 is 0 Å². The van der Waals surface area contributed by atoms with Crippen molar-refractivity contribution in [3.05, 3.63) is 71.3 Å². The zero-order chi connectivity index (χ0) is 17.5. The Morgan fingerprint density at radius 2 is 1.68 bits per heavy atom. The van der Waals surface area contributed by atoms with Crippen molar-refractivity contribution in [2.45, 2.75) is 32.2 Å². The molecule has 1 aliphatic heterocycles. The van der Waals surface area contributed by atoms with Crippen LogP contribution in [-0.4, -0.2) is 43.3 Å². The quantitative estimate of drug-likeness (QED) is 0.838. The summed E-state index contributed by atoms with van der Waals surface area (Å²) in [5.74, 6) is 0. The maximum absolute atomic E-state index is 5.34. The fraction of sp³-hybridized carbons (Fsp3) is 0.455. The molecule has 2 aromatic rings. The number of fused-ring (bicyclic) bond motifs is 2. The van der Waals surface area contributed by atoms with Crippen LogP contribution in [0.3, 0.4) is 0 Å². The first-order chi connectivity index (χ1) is 12.3. The van der Waals surface area contributed by atoms with Gasteiger partial charge in [-0.05, 0) is 42.5 Å². The van der Waals surface area contributed by atoms with E-state index in [4.69, 9.17) is 4.84 Å². The van der Waals surface area contributed by atoms with Crippen molar-refractivity contribution >= 4 is 0 Å². The lowest BCUT2D eigenvalue weighted by Crippen LogP contribution is -2.47. The fourth-order valence-corrected chi connectivity index (χ4v) is 3.77. The van der Waals surface area contributed by atoms with Crippen molar-refractivity contribution in [2.75, 3.05) is 33.3 Å². The molecule has 0 spiro atoms. The topological polar surface area (TPSA) is 15.7 Å². The minimum absolute atomic E-state index is 0.458. The molecule has 1 aliphatic carbocycles. The highest BCUT2D eigenvalue weighted by Gasteiger charge is 2.26. The van der Waals surface area contributed by atoms with Gasteiger partial charge in [0.15, 0.2) is 0 Å². The summed E-state index contributed by atoms with van der Waals surface area (Å²) in [5.41, 5.74) is 4.41. The molecule has 0 N–H and O–H groups in total. The Balaban J connectivity index is 0.000000170. The van der Waals surface area contributed by atoms with Gasteiger partial charge >= 0.3 is 0 Å². The summed E-state index contributed by atoms with van der Waals surface area (Å²) in [4.78, 5) is 7.85. The second-order valence-corrected chi connectivity index (χ2v) is 6.80. The van der Waals surface area contributed by atoms with Crippen LogP contribution in [0.15, 0.2) is 54.6 Å². The highest BCUT2D eigenvalue weighted by atomic mass is 16.7. The van der Waals surface area contributed by atoms with E-state index in [1.165, 1.54) is 36.0 Å². The van der Waals surface area contributed by atoms with Gasteiger partial charge in [-0.15, -0.1) is 0 Å². The lowest BCUT2D eigenvalue weighted by molar-refractivity contribution is -0.165. The number of hydrogen-bond acceptors (Lipinski definition) is 3. The van der Waals surface area contributed by atoms with Gasteiger partial charge in [0.1, 0.15) is 0 Å². The lowest BCUT2D eigenvalue weighted by atomic mass is 9.96. The van der Waals surface area contributed by atoms with E-state index in [0.29, 0.717) is 6.04 Å². The van der Waals surface area contributed by atoms with Crippen LogP contribution in [0.2, 0.25) is 0 Å². The maximum atomic E-state index is 5.34. The Kier molecular flexibility index (Phi) is 6.62. The second kappa shape index (κ2) is 9.14. The first-order valence-corrected chi connectivity index (χ1v) is 9.46. The van der Waals surface area contributed by atoms with Crippen LogP contribution in [0.25, 0.3) is 0 Å². The third-order valence-electron chi connectivity index (χ3n) is 5.22. The van der Waals surface area contributed by atoms with Crippen molar-refractivity contribution < 1.29 is 4.84 Å². The summed E-state index contributed by atoms with van der Waals surface area (Å²) in [7, 11) is 1.75. The Labute approximate surface area is 152 Å². The highest BCUT2D eigenvalue weighted by molar-refractivity contribution is 5.26. The molecule has 0 aromatic heterocycles. The minimum atomic E-state index is 0.458. The normalized spacial score (nSPS) is 20.6. The maximum Gasteiger partial charge on any atom is 0.0575 e. The standard InChI is InChI=1S/C13H20N2O.C9H10/c1-3-14-9-10-15(16-2)11-13(14)12-7-5-4-6-8-12;1-3-8-5-2-6-9(4-1)7-8/h4-8,13H,3,9-11H2,1-2H3;1,3-4,7H,2,5-6H2. The Bertz CT molecular complexity index is 624. The molecule has 1 unspecified atom stereocenters. The first-order valence-electron chi connectivity index (χ1n) is 9.46. The highest BCUT2D eigenvalue weighted by Crippen LogP contribution is 2.24. The number of benzene rings is 2. The van der Waals surface area contributed by atoms with Crippen LogP contribution in [0.1, 0.15) is 36.1 Å². The van der Waals surface area contributed by atoms with E-state index in [-0.39, 0.29) is 0 Å². The number of likely N-dealkylation sites (N-methyl/N-ethyl adjacent to an activating group) is 1. The van der Waals surface area contributed by atoms with Crippen LogP contribution >= 0.6 is 0 Å². The molecule has 0 saturated carbocycles. The third-order valence-corrected chi connectivity index (χ3v) is 5.22. The Hall–Kier alpha value is -1.68. The molecule has 1 heterocycles. The number of hydroxylamine groups is 2. The van der Waals surface area contributed by atoms with E-state index < -0.39 is 0 Å². The van der Waals surface area contributed by atoms with E-state index in [1.807, 2.05) is 5.06 Å². The molecule has 0 amide bonds. The summed E-state index contributed by atoms with van der Waals surface area (Å²) in [6, 6.07) is 20.0. The molecule has 1 atom stereocenters. The molecule has 134 valence electrons. The van der Waals surface area contributed by atoms with Gasteiger partial charge in [-0.2, -0.15) is 5.06 Å². The summed E-state index contributed by atoms with van der Waals surface area (Å²) in [6.45, 7) is 6.33. The summed E-state index contributed by atoms with van der Waals surface area (Å²) < 4.78 is 0. The molecular weight excluding hydrogens is 308 g/mol. The zero-order valence-electron chi connectivity index (χ0n) is 15.5. The monoisotopic (exact) mass is 338 g/mol. The number of rotatable bonds is 3. The molecule has 2 aromatic carbocycles. The number of piperazine rings is 1. The van der Waals surface area contributed by atoms with Crippen molar-refractivity contribution in [1.82, 2.24) is 9.96 Å². The summed E-state index contributed by atoms with van der Waals surface area (Å²) in [5, 5.41) is 2.05. The molecule has 4 rings (SSSR count). The molecule has 2 bridgehead atoms. The molecule has 25 heavy (non-hydrogen) atoms. The number of nitrogens with zero attached hydrogens (tertiary/aromatic N) is 2. The van der Waals surface area contributed by atoms with E-state index in [2.05, 4.69) is 66.4 Å². The molecular formula is C22H30N2O. The van der Waals surface area contributed by atoms with Crippen LogP contribution in [0.4, 0.5) is 0 Å². The first kappa shape index (κ1) is 18.1. The van der Waals surface area contributed by atoms with Crippen LogP contribution in [0.5, 0.6) is 0 Å². The van der Waals surface area contributed by atoms with Crippen molar-refractivity contribution in [3.63, 3.8) is 0 Å². The fourth-order valence-electron chi connectivity index (χ4n) is 3.77. The predicted molar refractivity (Wildman–Crippen MR) is 103 cm³/mol. The van der Waals surface area contributed by atoms with Gasteiger partial charge in [0.2, 0.25) is 0 Å². The summed E-state index contributed by atoms with van der Waals surface area (Å²) in [6.07, 6.45) is 3.92. The Morgan fingerprint density at radius 3 is 2.28 bits per heavy atom. The van der Waals surface area contributed by atoms with Crippen LogP contribution < -0.4 is 0 Å². The van der Waals surface area contributed by atoms with E-state index in [1.54, 1.807) is 7.11 Å². The van der Waals surface area contributed by atoms with Crippen molar-refractivity contribution in [1.29, 1.82) is 0 Å². The molecule has 2 aliphatic rings. The number of aryl methyl sites for hydroxylation is 2. The molecule has 3 heteroatoms. The van der Waals surface area contributed by atoms with E-state index in [0.717, 1.165) is 26.2 Å². The minimum Gasteiger partial charge on any atom is -0.302 e. The summed E-state index contributed by atoms with van der Waals surface area (Å²) >= 11 is 0. The van der Waals surface area contributed by atoms with Crippen molar-refractivity contribution in [3.8, 4) is 0 Å². The van der Waals surface area contributed by atoms with Gasteiger partial charge in [0, 0.05) is 25.7 Å². The van der Waals surface area contributed by atoms with Crippen LogP contribution in [0, 0.1) is 0 Å². The smallest absolute Gasteiger partial charge is 0.0575 e. The SMILES string of the molecule is CCN1CCN(OC)CC1c1ccccc1.c1cc2cc(c1)CCC2. The third kappa shape index (κ3) is 4.91. The zero-order valence-corrected chi connectivity index (χ0v) is 15.5. The predicted octanol–water partition coefficient (Wildman–Crippen LogP) is 4.10. The average molecular weight is 338 g/mol. The van der Waals surface area contributed by atoms with Crippen molar-refractivity contribution in [2.24, 2.45) is 0 Å². The molecule has 1 saturated heterocycles. The van der Waals surface area contributed by atoms with E-state index in [9.17, 15) is 0 Å². The largest absolute Gasteiger partial charge is 0.302 e. The van der Waals surface area contributed by atoms with Gasteiger partial charge in [0.05, 0.1) is 7.11 Å². The Morgan fingerprint density at radius 1 is 0.960 bits per heavy atom. The van der Waals surface area contributed by atoms with Crippen LogP contribution in [-0.2, 0) is 17.7 Å².